The van der Waals surface area contributed by atoms with Gasteiger partial charge in [0.2, 0.25) is 21.7 Å². The van der Waals surface area contributed by atoms with Crippen LogP contribution in [0.2, 0.25) is 0 Å². The first-order valence-electron chi connectivity index (χ1n) is 13.5. The minimum atomic E-state index is -4.73. The first-order chi connectivity index (χ1) is 20.7. The summed E-state index contributed by atoms with van der Waals surface area (Å²) >= 11 is 0. The molecule has 2 aliphatic rings. The maximum atomic E-state index is 13.9. The van der Waals surface area contributed by atoms with Crippen LogP contribution in [-0.2, 0) is 27.5 Å². The molecule has 1 fully saturated rings. The molecule has 1 saturated carbocycles. The van der Waals surface area contributed by atoms with E-state index in [4.69, 9.17) is 4.74 Å². The van der Waals surface area contributed by atoms with Gasteiger partial charge in [0, 0.05) is 24.9 Å². The maximum Gasteiger partial charge on any atom is 0.452 e. The molecule has 1 aromatic carbocycles. The number of aromatic nitrogens is 4. The molecule has 0 bridgehead atoms. The van der Waals surface area contributed by atoms with E-state index in [2.05, 4.69) is 15.2 Å². The van der Waals surface area contributed by atoms with Crippen molar-refractivity contribution in [2.75, 3.05) is 6.54 Å². The summed E-state index contributed by atoms with van der Waals surface area (Å²) in [6.45, 7) is 3.35. The zero-order valence-electron chi connectivity index (χ0n) is 23.5. The molecular weight excluding hydrogens is 601 g/mol. The number of halogens is 3. The Morgan fingerprint density at radius 2 is 1.95 bits per heavy atom. The average molecular weight is 627 g/mol. The number of carboxylic acid groups (broad SMARTS) is 1. The summed E-state index contributed by atoms with van der Waals surface area (Å²) in [5.74, 6) is -3.16. The van der Waals surface area contributed by atoms with Gasteiger partial charge in [-0.2, -0.15) is 22.7 Å². The number of carboxylic acids is 1. The van der Waals surface area contributed by atoms with Gasteiger partial charge in [0.15, 0.2) is 5.65 Å². The van der Waals surface area contributed by atoms with Crippen LogP contribution in [0.1, 0.15) is 64.4 Å². The molecule has 1 unspecified atom stereocenters. The number of sulfonamides is 1. The molecule has 1 aliphatic heterocycles. The fourth-order valence-electron chi connectivity index (χ4n) is 5.60. The van der Waals surface area contributed by atoms with Crippen molar-refractivity contribution in [1.82, 2.24) is 23.9 Å². The van der Waals surface area contributed by atoms with Crippen LogP contribution in [0, 0.1) is 25.2 Å². The summed E-state index contributed by atoms with van der Waals surface area (Å²) in [5, 5.41) is 26.2. The molecule has 0 saturated heterocycles. The molecule has 3 aromatic heterocycles. The number of benzene rings is 1. The number of ether oxygens (including phenoxy) is 1. The third-order valence-electron chi connectivity index (χ3n) is 8.15. The Morgan fingerprint density at radius 1 is 1.20 bits per heavy atom. The number of hydrogen-bond donors (Lipinski definition) is 1. The number of aryl methyl sites for hydroxylation is 2. The summed E-state index contributed by atoms with van der Waals surface area (Å²) in [7, 11) is -4.15. The van der Waals surface area contributed by atoms with Crippen molar-refractivity contribution in [3.05, 3.63) is 81.9 Å². The van der Waals surface area contributed by atoms with E-state index in [9.17, 15) is 36.8 Å². The van der Waals surface area contributed by atoms with Crippen LogP contribution in [0.15, 0.2) is 47.6 Å². The minimum absolute atomic E-state index is 0.0491. The molecule has 44 heavy (non-hydrogen) atoms. The highest BCUT2D eigenvalue weighted by Gasteiger charge is 2.52. The predicted molar refractivity (Wildman–Crippen MR) is 147 cm³/mol. The van der Waals surface area contributed by atoms with Gasteiger partial charge in [0.1, 0.15) is 16.6 Å². The van der Waals surface area contributed by atoms with E-state index in [0.29, 0.717) is 35.1 Å². The van der Waals surface area contributed by atoms with E-state index in [-0.39, 0.29) is 41.5 Å². The predicted octanol–water partition coefficient (Wildman–Crippen LogP) is 4.35. The van der Waals surface area contributed by atoms with Crippen molar-refractivity contribution in [2.45, 2.75) is 62.2 Å². The van der Waals surface area contributed by atoms with Gasteiger partial charge >= 0.3 is 12.1 Å². The number of pyridine rings is 2. The molecule has 4 heterocycles. The SMILES string of the molecule is Cc1ccc(C(CC(=O)O)c2ccn3c(C(F)(F)F)nnc3c2C)cc1CN1CC2(CC2)Oc2ncc(C#N)cc2S1(=O)=O. The zero-order chi connectivity index (χ0) is 31.6. The Balaban J connectivity index is 1.41. The molecule has 6 rings (SSSR count). The highest BCUT2D eigenvalue weighted by molar-refractivity contribution is 7.89. The second-order valence-corrected chi connectivity index (χ2v) is 13.1. The van der Waals surface area contributed by atoms with Crippen LogP contribution >= 0.6 is 0 Å². The van der Waals surface area contributed by atoms with Gasteiger partial charge in [-0.15, -0.1) is 10.2 Å². The zero-order valence-corrected chi connectivity index (χ0v) is 24.3. The van der Waals surface area contributed by atoms with Crippen LogP contribution < -0.4 is 4.74 Å². The average Bonchev–Trinajstić information content (AvgIpc) is 3.57. The Morgan fingerprint density at radius 3 is 2.61 bits per heavy atom. The molecule has 11 nitrogen and oxygen atoms in total. The Hall–Kier alpha value is -4.55. The summed E-state index contributed by atoms with van der Waals surface area (Å²) in [6.07, 6.45) is -1.43. The molecule has 1 aliphatic carbocycles. The molecule has 0 amide bonds. The number of alkyl halides is 3. The molecule has 15 heteroatoms. The highest BCUT2D eigenvalue weighted by Crippen LogP contribution is 2.46. The van der Waals surface area contributed by atoms with E-state index in [1.807, 2.05) is 6.07 Å². The van der Waals surface area contributed by atoms with Crippen LogP contribution in [0.25, 0.3) is 5.65 Å². The van der Waals surface area contributed by atoms with E-state index < -0.39 is 39.5 Å². The molecule has 4 aromatic rings. The fourth-order valence-corrected chi connectivity index (χ4v) is 7.18. The van der Waals surface area contributed by atoms with Crippen LogP contribution in [0.5, 0.6) is 5.88 Å². The maximum absolute atomic E-state index is 13.9. The van der Waals surface area contributed by atoms with Gasteiger partial charge in [-0.05, 0) is 66.6 Å². The summed E-state index contributed by atoms with van der Waals surface area (Å²) in [5.41, 5.74) is 1.96. The molecule has 0 radical (unpaired) electrons. The Bertz CT molecular complexity index is 1980. The number of rotatable bonds is 6. The second-order valence-electron chi connectivity index (χ2n) is 11.1. The third kappa shape index (κ3) is 5.13. The minimum Gasteiger partial charge on any atom is -0.481 e. The number of carbonyl (C=O) groups is 1. The van der Waals surface area contributed by atoms with Crippen LogP contribution in [0.4, 0.5) is 13.2 Å². The first kappa shape index (κ1) is 29.5. The van der Waals surface area contributed by atoms with Gasteiger partial charge in [0.05, 0.1) is 18.5 Å². The second kappa shape index (κ2) is 10.3. The number of nitrogens with zero attached hydrogens (tertiary/aromatic N) is 6. The van der Waals surface area contributed by atoms with E-state index in [0.717, 1.165) is 9.96 Å². The quantitative estimate of drug-likeness (QED) is 0.329. The lowest BCUT2D eigenvalue weighted by Crippen LogP contribution is -2.38. The van der Waals surface area contributed by atoms with Crippen molar-refractivity contribution >= 4 is 21.6 Å². The summed E-state index contributed by atoms with van der Waals surface area (Å²) in [6, 6.07) is 9.78. The van der Waals surface area contributed by atoms with Gasteiger partial charge < -0.3 is 9.84 Å². The van der Waals surface area contributed by atoms with E-state index >= 15 is 0 Å². The van der Waals surface area contributed by atoms with Crippen molar-refractivity contribution < 1.29 is 36.2 Å². The normalized spacial score (nSPS) is 17.8. The molecule has 1 spiro atoms. The molecule has 1 N–H and O–H groups in total. The van der Waals surface area contributed by atoms with Crippen LogP contribution in [-0.4, -0.2) is 55.5 Å². The first-order valence-corrected chi connectivity index (χ1v) is 15.0. The van der Waals surface area contributed by atoms with Gasteiger partial charge in [-0.3, -0.25) is 9.20 Å². The lowest BCUT2D eigenvalue weighted by atomic mass is 9.85. The Kier molecular flexibility index (Phi) is 6.89. The van der Waals surface area contributed by atoms with Gasteiger partial charge in [-0.1, -0.05) is 18.2 Å². The summed E-state index contributed by atoms with van der Waals surface area (Å²) < 4.78 is 76.2. The van der Waals surface area contributed by atoms with E-state index in [1.165, 1.54) is 28.8 Å². The highest BCUT2D eigenvalue weighted by atomic mass is 32.2. The van der Waals surface area contributed by atoms with Crippen LogP contribution in [0.3, 0.4) is 0 Å². The lowest BCUT2D eigenvalue weighted by molar-refractivity contribution is -0.145. The smallest absolute Gasteiger partial charge is 0.452 e. The number of fused-ring (bicyclic) bond motifs is 2. The van der Waals surface area contributed by atoms with Crippen molar-refractivity contribution in [2.24, 2.45) is 0 Å². The standard InChI is InChI=1S/C29H25F3N6O5S/c1-16-3-4-19(22(11-24(39)40)21-5-8-38-25(17(21)2)35-36-27(38)29(30,31)32)10-20(16)14-37-15-28(6-7-28)43-26-23(44(37,41)42)9-18(12-33)13-34-26/h3-5,8-10,13,22H,6-7,11,14-15H2,1-2H3,(H,39,40). The van der Waals surface area contributed by atoms with Crippen molar-refractivity contribution in [1.29, 1.82) is 5.26 Å². The van der Waals surface area contributed by atoms with Gasteiger partial charge in [-0.25, -0.2) is 13.4 Å². The number of aliphatic carboxylic acids is 1. The van der Waals surface area contributed by atoms with Crippen molar-refractivity contribution in [3.63, 3.8) is 0 Å². The monoisotopic (exact) mass is 626 g/mol. The number of hydrogen-bond acceptors (Lipinski definition) is 8. The molecule has 1 atom stereocenters. The fraction of sp³-hybridized carbons (Fsp3) is 0.345. The molecule has 228 valence electrons. The van der Waals surface area contributed by atoms with Crippen molar-refractivity contribution in [3.8, 4) is 11.9 Å². The van der Waals surface area contributed by atoms with E-state index in [1.54, 1.807) is 32.0 Å². The number of nitriles is 1. The van der Waals surface area contributed by atoms with Gasteiger partial charge in [0.25, 0.3) is 0 Å². The summed E-state index contributed by atoms with van der Waals surface area (Å²) in [4.78, 5) is 15.9. The lowest BCUT2D eigenvalue weighted by Gasteiger charge is -2.25. The largest absolute Gasteiger partial charge is 0.481 e. The topological polar surface area (TPSA) is 151 Å². The third-order valence-corrected chi connectivity index (χ3v) is 9.93. The molecular formula is C29H25F3N6O5S. The Labute approximate surface area is 249 Å².